The van der Waals surface area contributed by atoms with Crippen molar-refractivity contribution in [3.05, 3.63) is 84.4 Å². The highest BCUT2D eigenvalue weighted by molar-refractivity contribution is 7.98. The van der Waals surface area contributed by atoms with E-state index in [1.165, 1.54) is 6.33 Å². The fraction of sp³-hybridized carbons (Fsp3) is 0.0455. The zero-order chi connectivity index (χ0) is 20.3. The first-order valence-corrected chi connectivity index (χ1v) is 10.3. The first kappa shape index (κ1) is 18.3. The zero-order valence-corrected chi connectivity index (χ0v) is 16.6. The Kier molecular flexibility index (Phi) is 4.82. The minimum atomic E-state index is -0.186. The highest BCUT2D eigenvalue weighted by Crippen LogP contribution is 2.27. The molecule has 0 saturated heterocycles. The molecule has 2 N–H and O–H groups in total. The van der Waals surface area contributed by atoms with Crippen LogP contribution in [-0.4, -0.2) is 31.1 Å². The minimum absolute atomic E-state index is 0.186. The van der Waals surface area contributed by atoms with E-state index in [0.717, 1.165) is 38.2 Å². The number of nitrogens with zero attached hydrogens (tertiary/aromatic N) is 4. The van der Waals surface area contributed by atoms with Gasteiger partial charge in [-0.15, -0.1) is 11.8 Å². The van der Waals surface area contributed by atoms with E-state index in [2.05, 4.69) is 30.5 Å². The number of hydrogen-bond acceptors (Lipinski definition) is 6. The Labute approximate surface area is 176 Å². The van der Waals surface area contributed by atoms with Crippen molar-refractivity contribution in [1.29, 1.82) is 0 Å². The van der Waals surface area contributed by atoms with Gasteiger partial charge in [-0.05, 0) is 29.8 Å². The third-order valence-electron chi connectivity index (χ3n) is 4.62. The third kappa shape index (κ3) is 3.72. The zero-order valence-electron chi connectivity index (χ0n) is 15.7. The lowest BCUT2D eigenvalue weighted by atomic mass is 10.1. The maximum atomic E-state index is 12.7. The van der Waals surface area contributed by atoms with Gasteiger partial charge in [0.05, 0.1) is 22.7 Å². The molecule has 30 heavy (non-hydrogen) atoms. The molecule has 0 aliphatic heterocycles. The number of aromatic nitrogens is 5. The van der Waals surface area contributed by atoms with Gasteiger partial charge in [0.2, 0.25) is 0 Å². The molecule has 7 nitrogen and oxygen atoms in total. The number of nitrogens with one attached hydrogen (secondary N) is 2. The van der Waals surface area contributed by atoms with Crippen molar-refractivity contribution < 1.29 is 4.79 Å². The van der Waals surface area contributed by atoms with Crippen molar-refractivity contribution in [2.24, 2.45) is 0 Å². The summed E-state index contributed by atoms with van der Waals surface area (Å²) in [5.74, 6) is 0.521. The smallest absolute Gasteiger partial charge is 0.257 e. The normalized spacial score (nSPS) is 11.1. The monoisotopic (exact) mass is 412 g/mol. The number of para-hydroxylation sites is 1. The molecule has 5 aromatic rings. The minimum Gasteiger partial charge on any atom is -0.322 e. The second-order valence-electron chi connectivity index (χ2n) is 6.67. The molecule has 146 valence electrons. The molecule has 8 heteroatoms. The highest BCUT2D eigenvalue weighted by Gasteiger charge is 2.10. The van der Waals surface area contributed by atoms with E-state index in [1.54, 1.807) is 24.2 Å². The Hall–Kier alpha value is -3.78. The van der Waals surface area contributed by atoms with Crippen LogP contribution in [0.3, 0.4) is 0 Å². The van der Waals surface area contributed by atoms with Gasteiger partial charge in [0, 0.05) is 23.0 Å². The number of rotatable bonds is 5. The SMILES string of the molecule is O=C(Nc1cccc(CSc2ncnc3[nH]ncc23)c1)c1cnc2ccccc2c1. The van der Waals surface area contributed by atoms with E-state index in [4.69, 9.17) is 0 Å². The summed E-state index contributed by atoms with van der Waals surface area (Å²) in [6, 6.07) is 17.4. The summed E-state index contributed by atoms with van der Waals surface area (Å²) in [4.78, 5) is 25.5. The van der Waals surface area contributed by atoms with Crippen molar-refractivity contribution >= 4 is 45.3 Å². The summed E-state index contributed by atoms with van der Waals surface area (Å²) < 4.78 is 0. The molecule has 0 unspecified atom stereocenters. The van der Waals surface area contributed by atoms with Crippen molar-refractivity contribution in [1.82, 2.24) is 25.1 Å². The van der Waals surface area contributed by atoms with Gasteiger partial charge in [0.1, 0.15) is 11.4 Å². The maximum Gasteiger partial charge on any atom is 0.257 e. The lowest BCUT2D eigenvalue weighted by Gasteiger charge is -2.08. The fourth-order valence-corrected chi connectivity index (χ4v) is 4.06. The summed E-state index contributed by atoms with van der Waals surface area (Å²) in [7, 11) is 0. The number of amides is 1. The standard InChI is InChI=1S/C22H16N6OS/c29-21(16-9-15-5-1-2-7-19(15)23-10-16)27-17-6-3-4-14(8-17)12-30-22-18-11-26-28-20(18)24-13-25-22/h1-11,13H,12H2,(H,27,29)(H,24,25,26,28). The average molecular weight is 412 g/mol. The van der Waals surface area contributed by atoms with Gasteiger partial charge in [-0.1, -0.05) is 30.3 Å². The molecule has 3 heterocycles. The third-order valence-corrected chi connectivity index (χ3v) is 5.70. The van der Waals surface area contributed by atoms with Crippen LogP contribution in [0.2, 0.25) is 0 Å². The van der Waals surface area contributed by atoms with Gasteiger partial charge < -0.3 is 5.32 Å². The van der Waals surface area contributed by atoms with Gasteiger partial charge in [-0.25, -0.2) is 9.97 Å². The van der Waals surface area contributed by atoms with Crippen LogP contribution in [0.15, 0.2) is 78.3 Å². The molecule has 0 bridgehead atoms. The number of aromatic amines is 1. The molecule has 1 amide bonds. The number of carbonyl (C=O) groups is 1. The largest absolute Gasteiger partial charge is 0.322 e. The van der Waals surface area contributed by atoms with Crippen LogP contribution in [0.1, 0.15) is 15.9 Å². The number of benzene rings is 2. The van der Waals surface area contributed by atoms with Crippen molar-refractivity contribution in [2.75, 3.05) is 5.32 Å². The Balaban J connectivity index is 1.30. The average Bonchev–Trinajstić information content (AvgIpc) is 3.27. The lowest BCUT2D eigenvalue weighted by Crippen LogP contribution is -2.12. The van der Waals surface area contributed by atoms with Gasteiger partial charge in [0.25, 0.3) is 5.91 Å². The summed E-state index contributed by atoms with van der Waals surface area (Å²) in [6.45, 7) is 0. The Morgan fingerprint density at radius 1 is 1.00 bits per heavy atom. The number of fused-ring (bicyclic) bond motifs is 2. The van der Waals surface area contributed by atoms with E-state index in [-0.39, 0.29) is 5.91 Å². The first-order chi connectivity index (χ1) is 14.8. The molecule has 2 aromatic carbocycles. The molecule has 0 atom stereocenters. The second-order valence-corrected chi connectivity index (χ2v) is 7.64. The number of hydrogen-bond donors (Lipinski definition) is 2. The van der Waals surface area contributed by atoms with E-state index in [9.17, 15) is 4.79 Å². The molecule has 0 radical (unpaired) electrons. The molecule has 0 aliphatic carbocycles. The lowest BCUT2D eigenvalue weighted by molar-refractivity contribution is 0.102. The van der Waals surface area contributed by atoms with Crippen LogP contribution >= 0.6 is 11.8 Å². The second kappa shape index (κ2) is 7.92. The van der Waals surface area contributed by atoms with Crippen LogP contribution in [0.4, 0.5) is 5.69 Å². The first-order valence-electron chi connectivity index (χ1n) is 9.28. The van der Waals surface area contributed by atoms with E-state index in [0.29, 0.717) is 11.3 Å². The van der Waals surface area contributed by atoms with Crippen LogP contribution in [-0.2, 0) is 5.75 Å². The molecular weight excluding hydrogens is 396 g/mol. The van der Waals surface area contributed by atoms with Crippen LogP contribution in [0, 0.1) is 0 Å². The molecule has 0 spiro atoms. The van der Waals surface area contributed by atoms with Crippen molar-refractivity contribution in [3.8, 4) is 0 Å². The summed E-state index contributed by atoms with van der Waals surface area (Å²) in [6.07, 6.45) is 4.85. The molecular formula is C22H16N6OS. The Morgan fingerprint density at radius 3 is 2.90 bits per heavy atom. The van der Waals surface area contributed by atoms with Gasteiger partial charge >= 0.3 is 0 Å². The number of thioether (sulfide) groups is 1. The summed E-state index contributed by atoms with van der Waals surface area (Å²) >= 11 is 1.60. The van der Waals surface area contributed by atoms with Crippen LogP contribution in [0.5, 0.6) is 0 Å². The van der Waals surface area contributed by atoms with E-state index >= 15 is 0 Å². The highest BCUT2D eigenvalue weighted by atomic mass is 32.2. The van der Waals surface area contributed by atoms with Gasteiger partial charge in [-0.3, -0.25) is 14.9 Å². The van der Waals surface area contributed by atoms with Crippen LogP contribution < -0.4 is 5.32 Å². The number of carbonyl (C=O) groups excluding carboxylic acids is 1. The number of H-pyrrole nitrogens is 1. The van der Waals surface area contributed by atoms with Crippen LogP contribution in [0.25, 0.3) is 21.9 Å². The maximum absolute atomic E-state index is 12.7. The molecule has 0 aliphatic rings. The van der Waals surface area contributed by atoms with Gasteiger partial charge in [0.15, 0.2) is 5.65 Å². The summed E-state index contributed by atoms with van der Waals surface area (Å²) in [5, 5.41) is 12.5. The molecule has 0 fully saturated rings. The number of pyridine rings is 1. The van der Waals surface area contributed by atoms with E-state index in [1.807, 2.05) is 54.6 Å². The fourth-order valence-electron chi connectivity index (χ4n) is 3.15. The predicted molar refractivity (Wildman–Crippen MR) is 117 cm³/mol. The number of anilines is 1. The van der Waals surface area contributed by atoms with Crippen molar-refractivity contribution in [3.63, 3.8) is 0 Å². The quantitative estimate of drug-likeness (QED) is 0.327. The Morgan fingerprint density at radius 2 is 1.93 bits per heavy atom. The predicted octanol–water partition coefficient (Wildman–Crippen LogP) is 4.45. The molecule has 5 rings (SSSR count). The molecule has 3 aromatic heterocycles. The molecule has 0 saturated carbocycles. The Bertz CT molecular complexity index is 1370. The summed E-state index contributed by atoms with van der Waals surface area (Å²) in [5.41, 5.74) is 3.92. The topological polar surface area (TPSA) is 96.5 Å². The van der Waals surface area contributed by atoms with Gasteiger partial charge in [-0.2, -0.15) is 5.10 Å². The van der Waals surface area contributed by atoms with Crippen molar-refractivity contribution in [2.45, 2.75) is 10.8 Å². The van der Waals surface area contributed by atoms with E-state index < -0.39 is 0 Å².